The standard InChI is InChI=1S/C12H22N2O2/c1-12(2,3)16-11(15)14-10-7-5-8-4-6-9(10)13-8/h8-10,13H,4-7H2,1-3H3,(H,14,15)/t8-,9+,10+/m0/s1. The quantitative estimate of drug-likeness (QED) is 0.716. The number of alkyl carbamates (subject to hydrolysis) is 1. The molecule has 0 aromatic carbocycles. The summed E-state index contributed by atoms with van der Waals surface area (Å²) in [6.07, 6.45) is 4.37. The number of hydrogen-bond acceptors (Lipinski definition) is 3. The third-order valence-electron chi connectivity index (χ3n) is 3.29. The zero-order valence-corrected chi connectivity index (χ0v) is 10.4. The van der Waals surface area contributed by atoms with Gasteiger partial charge in [0.25, 0.3) is 0 Å². The Morgan fingerprint density at radius 1 is 1.25 bits per heavy atom. The topological polar surface area (TPSA) is 50.4 Å². The molecule has 92 valence electrons. The average Bonchev–Trinajstić information content (AvgIpc) is 2.51. The van der Waals surface area contributed by atoms with E-state index in [1.54, 1.807) is 0 Å². The van der Waals surface area contributed by atoms with Crippen molar-refractivity contribution in [1.82, 2.24) is 10.6 Å². The van der Waals surface area contributed by atoms with Gasteiger partial charge < -0.3 is 15.4 Å². The number of ether oxygens (including phenoxy) is 1. The Hall–Kier alpha value is -0.770. The van der Waals surface area contributed by atoms with Crippen LogP contribution in [0, 0.1) is 0 Å². The number of carbonyl (C=O) groups is 1. The van der Waals surface area contributed by atoms with Crippen LogP contribution >= 0.6 is 0 Å². The summed E-state index contributed by atoms with van der Waals surface area (Å²) in [7, 11) is 0. The van der Waals surface area contributed by atoms with Gasteiger partial charge in [-0.15, -0.1) is 0 Å². The van der Waals surface area contributed by atoms with Crippen LogP contribution in [0.25, 0.3) is 0 Å². The first-order valence-electron chi connectivity index (χ1n) is 6.19. The molecule has 1 amide bonds. The van der Waals surface area contributed by atoms with Gasteiger partial charge >= 0.3 is 6.09 Å². The van der Waals surface area contributed by atoms with E-state index in [9.17, 15) is 4.79 Å². The van der Waals surface area contributed by atoms with Crippen LogP contribution < -0.4 is 10.6 Å². The molecule has 2 aliphatic rings. The molecule has 0 aromatic heterocycles. The summed E-state index contributed by atoms with van der Waals surface area (Å²) in [4.78, 5) is 11.6. The summed E-state index contributed by atoms with van der Waals surface area (Å²) in [6, 6.07) is 1.38. The number of rotatable bonds is 1. The van der Waals surface area contributed by atoms with E-state index in [1.165, 1.54) is 12.8 Å². The summed E-state index contributed by atoms with van der Waals surface area (Å²) >= 11 is 0. The molecule has 2 aliphatic heterocycles. The van der Waals surface area contributed by atoms with E-state index >= 15 is 0 Å². The highest BCUT2D eigenvalue weighted by molar-refractivity contribution is 5.68. The van der Waals surface area contributed by atoms with Crippen molar-refractivity contribution in [3.8, 4) is 0 Å². The van der Waals surface area contributed by atoms with Crippen molar-refractivity contribution in [3.05, 3.63) is 0 Å². The Kier molecular flexibility index (Phi) is 3.10. The van der Waals surface area contributed by atoms with Crippen LogP contribution in [0.4, 0.5) is 4.79 Å². The van der Waals surface area contributed by atoms with E-state index in [4.69, 9.17) is 4.74 Å². The molecule has 0 radical (unpaired) electrons. The summed E-state index contributed by atoms with van der Waals surface area (Å²) < 4.78 is 5.27. The van der Waals surface area contributed by atoms with Crippen LogP contribution in [0.3, 0.4) is 0 Å². The summed E-state index contributed by atoms with van der Waals surface area (Å²) in [5, 5.41) is 6.52. The van der Waals surface area contributed by atoms with Crippen LogP contribution in [0.2, 0.25) is 0 Å². The highest BCUT2D eigenvalue weighted by Gasteiger charge is 2.36. The minimum atomic E-state index is -0.412. The first-order valence-corrected chi connectivity index (χ1v) is 6.19. The Bertz CT molecular complexity index is 273. The average molecular weight is 226 g/mol. The third-order valence-corrected chi connectivity index (χ3v) is 3.29. The molecule has 2 saturated heterocycles. The van der Waals surface area contributed by atoms with Crippen molar-refractivity contribution in [2.24, 2.45) is 0 Å². The third kappa shape index (κ3) is 2.88. The maximum absolute atomic E-state index is 11.6. The van der Waals surface area contributed by atoms with E-state index < -0.39 is 5.60 Å². The molecule has 2 bridgehead atoms. The second kappa shape index (κ2) is 4.24. The van der Waals surface area contributed by atoms with Gasteiger partial charge in [-0.05, 0) is 46.5 Å². The lowest BCUT2D eigenvalue weighted by molar-refractivity contribution is 0.0484. The highest BCUT2D eigenvalue weighted by Crippen LogP contribution is 2.26. The molecule has 0 unspecified atom stereocenters. The fourth-order valence-electron chi connectivity index (χ4n) is 2.61. The summed E-state index contributed by atoms with van der Waals surface area (Å²) in [6.45, 7) is 5.66. The monoisotopic (exact) mass is 226 g/mol. The number of amides is 1. The van der Waals surface area contributed by atoms with Gasteiger partial charge in [0, 0.05) is 18.1 Å². The zero-order valence-electron chi connectivity index (χ0n) is 10.4. The molecule has 0 aliphatic carbocycles. The number of piperidine rings is 1. The van der Waals surface area contributed by atoms with E-state index in [-0.39, 0.29) is 12.1 Å². The van der Waals surface area contributed by atoms with Gasteiger partial charge in [0.05, 0.1) is 0 Å². The first kappa shape index (κ1) is 11.7. The van der Waals surface area contributed by atoms with Gasteiger partial charge in [-0.3, -0.25) is 0 Å². The van der Waals surface area contributed by atoms with Crippen LogP contribution in [0.1, 0.15) is 46.5 Å². The molecule has 0 spiro atoms. The maximum Gasteiger partial charge on any atom is 0.407 e. The normalized spacial score (nSPS) is 33.6. The second-order valence-electron chi connectivity index (χ2n) is 5.88. The number of fused-ring (bicyclic) bond motifs is 2. The van der Waals surface area contributed by atoms with Gasteiger partial charge in [-0.2, -0.15) is 0 Å². The maximum atomic E-state index is 11.6. The molecule has 2 rings (SSSR count). The molecule has 2 N–H and O–H groups in total. The van der Waals surface area contributed by atoms with Gasteiger partial charge in [-0.25, -0.2) is 4.79 Å². The summed E-state index contributed by atoms with van der Waals surface area (Å²) in [5.41, 5.74) is -0.412. The van der Waals surface area contributed by atoms with Crippen molar-refractivity contribution in [1.29, 1.82) is 0 Å². The molecular formula is C12H22N2O2. The smallest absolute Gasteiger partial charge is 0.407 e. The van der Waals surface area contributed by atoms with Gasteiger partial charge in [0.2, 0.25) is 0 Å². The highest BCUT2D eigenvalue weighted by atomic mass is 16.6. The Morgan fingerprint density at radius 2 is 1.94 bits per heavy atom. The van der Waals surface area contributed by atoms with Gasteiger partial charge in [0.15, 0.2) is 0 Å². The molecule has 4 nitrogen and oxygen atoms in total. The fraction of sp³-hybridized carbons (Fsp3) is 0.917. The Morgan fingerprint density at radius 3 is 2.62 bits per heavy atom. The molecule has 0 saturated carbocycles. The Labute approximate surface area is 97.1 Å². The van der Waals surface area contributed by atoms with Crippen molar-refractivity contribution in [2.75, 3.05) is 0 Å². The van der Waals surface area contributed by atoms with Gasteiger partial charge in [-0.1, -0.05) is 0 Å². The lowest BCUT2D eigenvalue weighted by atomic mass is 10.0. The molecule has 4 heteroatoms. The van der Waals surface area contributed by atoms with Crippen molar-refractivity contribution >= 4 is 6.09 Å². The molecule has 2 heterocycles. The van der Waals surface area contributed by atoms with Crippen molar-refractivity contribution < 1.29 is 9.53 Å². The largest absolute Gasteiger partial charge is 0.444 e. The summed E-state index contributed by atoms with van der Waals surface area (Å²) in [5.74, 6) is 0. The van der Waals surface area contributed by atoms with Crippen LogP contribution in [0.5, 0.6) is 0 Å². The van der Waals surface area contributed by atoms with E-state index in [0.717, 1.165) is 12.8 Å². The predicted molar refractivity (Wildman–Crippen MR) is 62.3 cm³/mol. The first-order chi connectivity index (χ1) is 7.44. The second-order valence-corrected chi connectivity index (χ2v) is 5.88. The molecule has 0 aromatic rings. The fourth-order valence-corrected chi connectivity index (χ4v) is 2.61. The minimum absolute atomic E-state index is 0.244. The SMILES string of the molecule is CC(C)(C)OC(=O)N[C@@H]1CC[C@@H]2CC[C@H]1N2. The number of carbonyl (C=O) groups excluding carboxylic acids is 1. The van der Waals surface area contributed by atoms with Crippen LogP contribution in [0.15, 0.2) is 0 Å². The molecular weight excluding hydrogens is 204 g/mol. The van der Waals surface area contributed by atoms with Crippen LogP contribution in [-0.4, -0.2) is 29.8 Å². The minimum Gasteiger partial charge on any atom is -0.444 e. The van der Waals surface area contributed by atoms with Crippen molar-refractivity contribution in [2.45, 2.75) is 70.2 Å². The van der Waals surface area contributed by atoms with Crippen molar-refractivity contribution in [3.63, 3.8) is 0 Å². The van der Waals surface area contributed by atoms with E-state index in [0.29, 0.717) is 12.1 Å². The Balaban J connectivity index is 1.83. The lowest BCUT2D eigenvalue weighted by Crippen LogP contribution is -2.53. The number of nitrogens with one attached hydrogen (secondary N) is 2. The van der Waals surface area contributed by atoms with Gasteiger partial charge in [0.1, 0.15) is 5.60 Å². The zero-order chi connectivity index (χ0) is 11.8. The van der Waals surface area contributed by atoms with Crippen LogP contribution in [-0.2, 0) is 4.74 Å². The molecule has 3 atom stereocenters. The number of hydrogen-bond donors (Lipinski definition) is 2. The predicted octanol–water partition coefficient (Wildman–Crippen LogP) is 1.79. The lowest BCUT2D eigenvalue weighted by Gasteiger charge is -2.31. The van der Waals surface area contributed by atoms with E-state index in [1.807, 2.05) is 20.8 Å². The van der Waals surface area contributed by atoms with E-state index in [2.05, 4.69) is 10.6 Å². The molecule has 2 fully saturated rings. The molecule has 16 heavy (non-hydrogen) atoms.